The zero-order valence-corrected chi connectivity index (χ0v) is 17.2. The molecule has 142 valence electrons. The van der Waals surface area contributed by atoms with Crippen molar-refractivity contribution in [2.24, 2.45) is 4.99 Å². The predicted octanol–water partition coefficient (Wildman–Crippen LogP) is 6.17. The molecule has 4 aromatic rings. The fourth-order valence-corrected chi connectivity index (χ4v) is 4.27. The summed E-state index contributed by atoms with van der Waals surface area (Å²) in [4.78, 5) is 4.76. The summed E-state index contributed by atoms with van der Waals surface area (Å²) in [5, 5.41) is 2.41. The lowest BCUT2D eigenvalue weighted by atomic mass is 10.2. The van der Waals surface area contributed by atoms with E-state index in [-0.39, 0.29) is 0 Å². The summed E-state index contributed by atoms with van der Waals surface area (Å²) >= 11 is 0. The van der Waals surface area contributed by atoms with Crippen molar-refractivity contribution in [2.75, 3.05) is 0 Å². The Morgan fingerprint density at radius 3 is 2.21 bits per heavy atom. The van der Waals surface area contributed by atoms with Crippen LogP contribution in [0.4, 0.5) is 5.69 Å². The van der Waals surface area contributed by atoms with E-state index in [4.69, 9.17) is 9.73 Å². The third-order valence-electron chi connectivity index (χ3n) is 4.52. The highest BCUT2D eigenvalue weighted by molar-refractivity contribution is 7.56. The van der Waals surface area contributed by atoms with E-state index in [1.54, 1.807) is 0 Å². The molecule has 0 spiro atoms. The van der Waals surface area contributed by atoms with Crippen molar-refractivity contribution in [3.05, 3.63) is 114 Å². The number of ether oxygens (including phenoxy) is 1. The minimum atomic E-state index is 0.454. The van der Waals surface area contributed by atoms with Gasteiger partial charge in [-0.05, 0) is 42.3 Å². The Labute approximate surface area is 173 Å². The molecule has 0 saturated heterocycles. The van der Waals surface area contributed by atoms with Gasteiger partial charge in [-0.1, -0.05) is 87.4 Å². The Balaban J connectivity index is 1.64. The molecule has 4 rings (SSSR count). The highest BCUT2D eigenvalue weighted by Crippen LogP contribution is 2.29. The lowest BCUT2D eigenvalue weighted by Gasteiger charge is -2.15. The first-order chi connectivity index (χ1) is 14.3. The van der Waals surface area contributed by atoms with E-state index in [9.17, 15) is 0 Å². The highest BCUT2D eigenvalue weighted by Gasteiger charge is 2.11. The van der Waals surface area contributed by atoms with Gasteiger partial charge >= 0.3 is 0 Å². The molecule has 1 atom stereocenters. The molecule has 0 heterocycles. The van der Waals surface area contributed by atoms with Crippen molar-refractivity contribution in [1.29, 1.82) is 0 Å². The SMILES string of the molecule is Cc1cccc(Oc2ccccc2)c1Pc1ccccc1N=Cc1ccccc1. The first-order valence-electron chi connectivity index (χ1n) is 9.57. The van der Waals surface area contributed by atoms with Crippen LogP contribution in [0.15, 0.2) is 108 Å². The third-order valence-corrected chi connectivity index (χ3v) is 6.10. The molecule has 0 radical (unpaired) electrons. The second-order valence-electron chi connectivity index (χ2n) is 6.67. The molecule has 0 aromatic heterocycles. The smallest absolute Gasteiger partial charge is 0.135 e. The lowest BCUT2D eigenvalue weighted by Crippen LogP contribution is -2.10. The van der Waals surface area contributed by atoms with Crippen molar-refractivity contribution < 1.29 is 4.74 Å². The monoisotopic (exact) mass is 395 g/mol. The number of aliphatic imine (C=N–C) groups is 1. The van der Waals surface area contributed by atoms with Gasteiger partial charge in [0.2, 0.25) is 0 Å². The van der Waals surface area contributed by atoms with Crippen LogP contribution in [0, 0.1) is 6.92 Å². The quantitative estimate of drug-likeness (QED) is 0.283. The fourth-order valence-electron chi connectivity index (χ4n) is 3.01. The maximum atomic E-state index is 6.20. The average Bonchev–Trinajstić information content (AvgIpc) is 2.77. The molecule has 0 bridgehead atoms. The second kappa shape index (κ2) is 9.32. The fraction of sp³-hybridized carbons (Fsp3) is 0.0385. The van der Waals surface area contributed by atoms with Crippen LogP contribution in [0.5, 0.6) is 11.5 Å². The number of rotatable bonds is 6. The van der Waals surface area contributed by atoms with Crippen LogP contribution in [-0.2, 0) is 0 Å². The first kappa shape index (κ1) is 19.1. The maximum Gasteiger partial charge on any atom is 0.135 e. The summed E-state index contributed by atoms with van der Waals surface area (Å²) in [6, 6.07) is 34.6. The minimum Gasteiger partial charge on any atom is -0.457 e. The van der Waals surface area contributed by atoms with Crippen molar-refractivity contribution in [3.8, 4) is 11.5 Å². The number of hydrogen-bond donors (Lipinski definition) is 0. The molecule has 29 heavy (non-hydrogen) atoms. The molecule has 3 heteroatoms. The van der Waals surface area contributed by atoms with Gasteiger partial charge in [-0.2, -0.15) is 0 Å². The lowest BCUT2D eigenvalue weighted by molar-refractivity contribution is 0.486. The van der Waals surface area contributed by atoms with Gasteiger partial charge in [0, 0.05) is 16.8 Å². The summed E-state index contributed by atoms with van der Waals surface area (Å²) in [6.45, 7) is 2.13. The van der Waals surface area contributed by atoms with Gasteiger partial charge in [0.05, 0.1) is 5.69 Å². The van der Waals surface area contributed by atoms with E-state index in [1.165, 1.54) is 16.2 Å². The van der Waals surface area contributed by atoms with Gasteiger partial charge < -0.3 is 4.74 Å². The zero-order valence-electron chi connectivity index (χ0n) is 16.2. The summed E-state index contributed by atoms with van der Waals surface area (Å²) < 4.78 is 6.20. The van der Waals surface area contributed by atoms with Gasteiger partial charge in [0.1, 0.15) is 11.5 Å². The van der Waals surface area contributed by atoms with Crippen LogP contribution < -0.4 is 15.3 Å². The average molecular weight is 395 g/mol. The van der Waals surface area contributed by atoms with Crippen LogP contribution in [0.1, 0.15) is 11.1 Å². The number of nitrogens with zero attached hydrogens (tertiary/aromatic N) is 1. The van der Waals surface area contributed by atoms with E-state index in [1.807, 2.05) is 72.9 Å². The largest absolute Gasteiger partial charge is 0.457 e. The molecule has 0 fully saturated rings. The molecule has 0 N–H and O–H groups in total. The summed E-state index contributed by atoms with van der Waals surface area (Å²) in [7, 11) is 0.454. The molecule has 0 aliphatic rings. The Hall–Kier alpha value is -3.22. The van der Waals surface area contributed by atoms with E-state index < -0.39 is 0 Å². The molecule has 4 aromatic carbocycles. The summed E-state index contributed by atoms with van der Waals surface area (Å²) in [5.74, 6) is 1.75. The molecule has 0 aliphatic heterocycles. The molecule has 2 nitrogen and oxygen atoms in total. The molecule has 0 saturated carbocycles. The number of para-hydroxylation sites is 2. The van der Waals surface area contributed by atoms with E-state index in [0.717, 1.165) is 22.7 Å². The first-order valence-corrected chi connectivity index (χ1v) is 10.6. The Kier molecular flexibility index (Phi) is 6.14. The Morgan fingerprint density at radius 1 is 0.724 bits per heavy atom. The highest BCUT2D eigenvalue weighted by atomic mass is 31.1. The Morgan fingerprint density at radius 2 is 1.41 bits per heavy atom. The predicted molar refractivity (Wildman–Crippen MR) is 125 cm³/mol. The maximum absolute atomic E-state index is 6.20. The molecular weight excluding hydrogens is 373 g/mol. The molecule has 0 amide bonds. The Bertz CT molecular complexity index is 1110. The van der Waals surface area contributed by atoms with Crippen molar-refractivity contribution in [1.82, 2.24) is 0 Å². The zero-order chi connectivity index (χ0) is 19.9. The van der Waals surface area contributed by atoms with Crippen LogP contribution in [0.3, 0.4) is 0 Å². The molecule has 0 aliphatic carbocycles. The van der Waals surface area contributed by atoms with Gasteiger partial charge in [-0.3, -0.25) is 4.99 Å². The normalized spacial score (nSPS) is 11.3. The van der Waals surface area contributed by atoms with Gasteiger partial charge in [-0.25, -0.2) is 0 Å². The van der Waals surface area contributed by atoms with Crippen molar-refractivity contribution in [3.63, 3.8) is 0 Å². The number of hydrogen-bond acceptors (Lipinski definition) is 2. The molecular formula is C26H22NOP. The topological polar surface area (TPSA) is 21.6 Å². The van der Waals surface area contributed by atoms with Gasteiger partial charge in [-0.15, -0.1) is 0 Å². The summed E-state index contributed by atoms with van der Waals surface area (Å²) in [5.41, 5.74) is 3.30. The van der Waals surface area contributed by atoms with Gasteiger partial charge in [0.25, 0.3) is 0 Å². The van der Waals surface area contributed by atoms with Crippen LogP contribution in [0.25, 0.3) is 0 Å². The summed E-state index contributed by atoms with van der Waals surface area (Å²) in [6.07, 6.45) is 1.92. The van der Waals surface area contributed by atoms with Crippen LogP contribution >= 0.6 is 8.58 Å². The van der Waals surface area contributed by atoms with Crippen LogP contribution in [0.2, 0.25) is 0 Å². The van der Waals surface area contributed by atoms with Gasteiger partial charge in [0.15, 0.2) is 0 Å². The molecule has 1 unspecified atom stereocenters. The third kappa shape index (κ3) is 4.99. The minimum absolute atomic E-state index is 0.454. The van der Waals surface area contributed by atoms with Crippen LogP contribution in [-0.4, -0.2) is 6.21 Å². The number of benzene rings is 4. The second-order valence-corrected chi connectivity index (χ2v) is 7.96. The number of aryl methyl sites for hydroxylation is 1. The standard InChI is InChI=1S/C26H22NOP/c1-20-11-10-17-24(28-22-14-6-3-7-15-22)26(20)29-25-18-9-8-16-23(25)27-19-21-12-4-2-5-13-21/h2-19,29H,1H3. The van der Waals surface area contributed by atoms with Crippen molar-refractivity contribution >= 4 is 31.1 Å². The van der Waals surface area contributed by atoms with E-state index >= 15 is 0 Å². The van der Waals surface area contributed by atoms with E-state index in [0.29, 0.717) is 8.58 Å². The van der Waals surface area contributed by atoms with Crippen molar-refractivity contribution in [2.45, 2.75) is 6.92 Å². The van der Waals surface area contributed by atoms with E-state index in [2.05, 4.69) is 43.3 Å².